The third-order valence-electron chi connectivity index (χ3n) is 6.22. The highest BCUT2D eigenvalue weighted by atomic mass is 16.5. The van der Waals surface area contributed by atoms with Crippen molar-refractivity contribution in [1.82, 2.24) is 0 Å². The van der Waals surface area contributed by atoms with Gasteiger partial charge in [0.05, 0.1) is 12.7 Å². The summed E-state index contributed by atoms with van der Waals surface area (Å²) < 4.78 is 22.7. The van der Waals surface area contributed by atoms with E-state index in [4.69, 9.17) is 18.3 Å². The fourth-order valence-electron chi connectivity index (χ4n) is 4.20. The number of fused-ring (bicyclic) bond motifs is 2. The van der Waals surface area contributed by atoms with Crippen LogP contribution in [0, 0.1) is 6.92 Å². The van der Waals surface area contributed by atoms with E-state index in [1.165, 1.54) is 6.07 Å². The zero-order valence-corrected chi connectivity index (χ0v) is 20.8. The maximum Gasteiger partial charge on any atom is 0.343 e. The van der Waals surface area contributed by atoms with E-state index in [0.717, 1.165) is 10.9 Å². The van der Waals surface area contributed by atoms with E-state index in [1.54, 1.807) is 38.3 Å². The first kappa shape index (κ1) is 23.4. The van der Waals surface area contributed by atoms with Crippen molar-refractivity contribution in [2.24, 2.45) is 0 Å². The van der Waals surface area contributed by atoms with Crippen LogP contribution in [0.2, 0.25) is 0 Å². The fraction of sp³-hybridized carbons (Fsp3) is 0.200. The predicted octanol–water partition coefficient (Wildman–Crippen LogP) is 7.04. The Morgan fingerprint density at radius 3 is 2.33 bits per heavy atom. The van der Waals surface area contributed by atoms with Crippen molar-refractivity contribution < 1.29 is 23.1 Å². The number of para-hydroxylation sites is 1. The SMILES string of the molecule is COc1cccc2cc(-c3cc(=O)oc4cc(C)c(OC(=O)c5ccc(C(C)(C)C)cc5)cc34)oc12. The summed E-state index contributed by atoms with van der Waals surface area (Å²) in [5.41, 5.74) is 3.20. The predicted molar refractivity (Wildman–Crippen MR) is 139 cm³/mol. The molecule has 0 aliphatic rings. The molecule has 0 radical (unpaired) electrons. The lowest BCUT2D eigenvalue weighted by molar-refractivity contribution is 0.0733. The van der Waals surface area contributed by atoms with Crippen LogP contribution in [0.1, 0.15) is 42.3 Å². The average molecular weight is 483 g/mol. The van der Waals surface area contributed by atoms with Crippen LogP contribution in [0.3, 0.4) is 0 Å². The molecule has 0 saturated heterocycles. The van der Waals surface area contributed by atoms with Gasteiger partial charge in [-0.2, -0.15) is 0 Å². The first-order valence-electron chi connectivity index (χ1n) is 11.6. The number of carbonyl (C=O) groups excluding carboxylic acids is 1. The van der Waals surface area contributed by atoms with Crippen LogP contribution in [0.25, 0.3) is 33.3 Å². The van der Waals surface area contributed by atoms with Crippen molar-refractivity contribution in [3.05, 3.63) is 93.8 Å². The number of rotatable bonds is 4. The van der Waals surface area contributed by atoms with Gasteiger partial charge in [-0.3, -0.25) is 0 Å². The molecule has 0 unspecified atom stereocenters. The molecule has 36 heavy (non-hydrogen) atoms. The molecule has 0 spiro atoms. The van der Waals surface area contributed by atoms with Gasteiger partial charge in [-0.25, -0.2) is 9.59 Å². The maximum absolute atomic E-state index is 12.9. The first-order valence-corrected chi connectivity index (χ1v) is 11.6. The van der Waals surface area contributed by atoms with Crippen molar-refractivity contribution >= 4 is 27.9 Å². The van der Waals surface area contributed by atoms with Crippen molar-refractivity contribution in [3.63, 3.8) is 0 Å². The highest BCUT2D eigenvalue weighted by Gasteiger charge is 2.19. The van der Waals surface area contributed by atoms with E-state index >= 15 is 0 Å². The lowest BCUT2D eigenvalue weighted by Crippen LogP contribution is -2.13. The Morgan fingerprint density at radius 2 is 1.64 bits per heavy atom. The Kier molecular flexibility index (Phi) is 5.67. The van der Waals surface area contributed by atoms with E-state index in [1.807, 2.05) is 36.4 Å². The molecule has 0 atom stereocenters. The Labute approximate surface area is 208 Å². The molecule has 0 aliphatic heterocycles. The molecule has 5 rings (SSSR count). The maximum atomic E-state index is 12.9. The number of hydrogen-bond acceptors (Lipinski definition) is 6. The van der Waals surface area contributed by atoms with Gasteiger partial charge in [0.2, 0.25) is 0 Å². The largest absolute Gasteiger partial charge is 0.493 e. The van der Waals surface area contributed by atoms with E-state index in [0.29, 0.717) is 50.5 Å². The summed E-state index contributed by atoms with van der Waals surface area (Å²) in [4.78, 5) is 25.3. The highest BCUT2D eigenvalue weighted by molar-refractivity contribution is 5.97. The summed E-state index contributed by atoms with van der Waals surface area (Å²) in [6.07, 6.45) is 0. The molecule has 0 aliphatic carbocycles. The van der Waals surface area contributed by atoms with Gasteiger partial charge in [-0.05, 0) is 59.9 Å². The molecule has 6 heteroatoms. The molecule has 2 heterocycles. The summed E-state index contributed by atoms with van der Waals surface area (Å²) in [6.45, 7) is 8.15. The number of ether oxygens (including phenoxy) is 2. The number of esters is 1. The van der Waals surface area contributed by atoms with E-state index in [2.05, 4.69) is 20.8 Å². The molecule has 0 amide bonds. The number of carbonyl (C=O) groups is 1. The lowest BCUT2D eigenvalue weighted by atomic mass is 9.87. The summed E-state index contributed by atoms with van der Waals surface area (Å²) >= 11 is 0. The Hall–Kier alpha value is -4.32. The van der Waals surface area contributed by atoms with Crippen LogP contribution in [0.5, 0.6) is 11.5 Å². The quantitative estimate of drug-likeness (QED) is 0.155. The molecule has 3 aromatic carbocycles. The second-order valence-electron chi connectivity index (χ2n) is 9.80. The van der Waals surface area contributed by atoms with Crippen molar-refractivity contribution in [2.45, 2.75) is 33.1 Å². The van der Waals surface area contributed by atoms with Crippen LogP contribution in [-0.4, -0.2) is 13.1 Å². The summed E-state index contributed by atoms with van der Waals surface area (Å²) in [5.74, 6) is 0.974. The van der Waals surface area contributed by atoms with E-state index in [9.17, 15) is 9.59 Å². The Balaban J connectivity index is 1.57. The van der Waals surface area contributed by atoms with Crippen LogP contribution >= 0.6 is 0 Å². The van der Waals surface area contributed by atoms with Gasteiger partial charge < -0.3 is 18.3 Å². The fourth-order valence-corrected chi connectivity index (χ4v) is 4.20. The van der Waals surface area contributed by atoms with Gasteiger partial charge in [0.1, 0.15) is 17.1 Å². The number of hydrogen-bond donors (Lipinski definition) is 0. The zero-order valence-electron chi connectivity index (χ0n) is 20.8. The molecular formula is C30H26O6. The van der Waals surface area contributed by atoms with Gasteiger partial charge in [0.25, 0.3) is 0 Å². The van der Waals surface area contributed by atoms with Crippen LogP contribution in [0.4, 0.5) is 0 Å². The monoisotopic (exact) mass is 482 g/mol. The zero-order chi connectivity index (χ0) is 25.6. The molecule has 0 fully saturated rings. The van der Waals surface area contributed by atoms with Gasteiger partial charge in [0.15, 0.2) is 11.3 Å². The van der Waals surface area contributed by atoms with Crippen molar-refractivity contribution in [3.8, 4) is 22.8 Å². The van der Waals surface area contributed by atoms with E-state index in [-0.39, 0.29) is 5.41 Å². The van der Waals surface area contributed by atoms with Crippen LogP contribution < -0.4 is 15.1 Å². The Morgan fingerprint density at radius 1 is 0.889 bits per heavy atom. The minimum atomic E-state index is -0.506. The summed E-state index contributed by atoms with van der Waals surface area (Å²) in [5, 5.41) is 1.42. The molecule has 0 bridgehead atoms. The topological polar surface area (TPSA) is 78.9 Å². The molecule has 0 N–H and O–H groups in total. The van der Waals surface area contributed by atoms with Crippen LogP contribution in [-0.2, 0) is 5.41 Å². The number of methoxy groups -OCH3 is 1. The normalized spacial score (nSPS) is 11.7. The molecular weight excluding hydrogens is 456 g/mol. The third kappa shape index (κ3) is 4.26. The number of furan rings is 1. The second-order valence-corrected chi connectivity index (χ2v) is 9.80. The summed E-state index contributed by atoms with van der Waals surface area (Å²) in [6, 6.07) is 19.6. The molecule has 5 aromatic rings. The lowest BCUT2D eigenvalue weighted by Gasteiger charge is -2.19. The molecule has 6 nitrogen and oxygen atoms in total. The van der Waals surface area contributed by atoms with Gasteiger partial charge in [-0.1, -0.05) is 45.0 Å². The highest BCUT2D eigenvalue weighted by Crippen LogP contribution is 2.37. The molecule has 2 aromatic heterocycles. The standard InChI is InChI=1S/C30H26O6/c1-17-13-25-21(15-24(17)36-29(32)18-9-11-20(12-10-18)30(2,3)4)22(16-27(31)34-25)26-14-19-7-6-8-23(33-5)28(19)35-26/h6-16H,1-5H3. The number of benzene rings is 3. The first-order chi connectivity index (χ1) is 17.1. The van der Waals surface area contributed by atoms with Gasteiger partial charge in [0, 0.05) is 22.4 Å². The van der Waals surface area contributed by atoms with E-state index < -0.39 is 11.6 Å². The van der Waals surface area contributed by atoms with Crippen molar-refractivity contribution in [1.29, 1.82) is 0 Å². The van der Waals surface area contributed by atoms with Crippen molar-refractivity contribution in [2.75, 3.05) is 7.11 Å². The van der Waals surface area contributed by atoms with Crippen LogP contribution in [0.15, 0.2) is 80.4 Å². The summed E-state index contributed by atoms with van der Waals surface area (Å²) in [7, 11) is 1.57. The molecule has 182 valence electrons. The smallest absolute Gasteiger partial charge is 0.343 e. The molecule has 0 saturated carbocycles. The minimum Gasteiger partial charge on any atom is -0.493 e. The van der Waals surface area contributed by atoms with Gasteiger partial charge >= 0.3 is 11.6 Å². The number of aryl methyl sites for hydroxylation is 1. The minimum absolute atomic E-state index is 0.0155. The van der Waals surface area contributed by atoms with Gasteiger partial charge in [-0.15, -0.1) is 0 Å². The average Bonchev–Trinajstić information content (AvgIpc) is 3.28. The third-order valence-corrected chi connectivity index (χ3v) is 6.22. The Bertz CT molecular complexity index is 1660. The second kappa shape index (κ2) is 8.72.